The third kappa shape index (κ3) is 4.06. The Labute approximate surface area is 177 Å². The molecule has 0 aliphatic carbocycles. The second kappa shape index (κ2) is 8.79. The van der Waals surface area contributed by atoms with Crippen LogP contribution in [-0.2, 0) is 6.42 Å². The van der Waals surface area contributed by atoms with Gasteiger partial charge in [-0.05, 0) is 36.9 Å². The van der Waals surface area contributed by atoms with Crippen molar-refractivity contribution in [1.29, 1.82) is 0 Å². The number of nitrogens with zero attached hydrogens (tertiary/aromatic N) is 5. The van der Waals surface area contributed by atoms with E-state index in [-0.39, 0.29) is 5.25 Å². The van der Waals surface area contributed by atoms with Crippen molar-refractivity contribution in [1.82, 2.24) is 24.9 Å². The molecular formula is C20H21N5O2S2. The Balaban J connectivity index is 1.73. The van der Waals surface area contributed by atoms with Crippen molar-refractivity contribution in [2.24, 2.45) is 0 Å². The molecule has 0 spiro atoms. The van der Waals surface area contributed by atoms with Crippen LogP contribution in [0.1, 0.15) is 37.2 Å². The Kier molecular flexibility index (Phi) is 5.96. The summed E-state index contributed by atoms with van der Waals surface area (Å²) in [5.41, 5.74) is 0.885. The zero-order valence-corrected chi connectivity index (χ0v) is 18.0. The Hall–Kier alpha value is -2.65. The molecule has 0 N–H and O–H groups in total. The van der Waals surface area contributed by atoms with Crippen LogP contribution in [0.15, 0.2) is 51.5 Å². The molecule has 0 amide bonds. The summed E-state index contributed by atoms with van der Waals surface area (Å²) in [5.74, 6) is 2.85. The maximum Gasteiger partial charge on any atom is 0.239 e. The topological polar surface area (TPSA) is 78.9 Å². The van der Waals surface area contributed by atoms with Crippen LogP contribution >= 0.6 is 23.1 Å². The lowest BCUT2D eigenvalue weighted by Crippen LogP contribution is -2.02. The fraction of sp³-hybridized carbons (Fsp3) is 0.300. The molecule has 9 heteroatoms. The fourth-order valence-corrected chi connectivity index (χ4v) is 4.50. The van der Waals surface area contributed by atoms with E-state index >= 15 is 0 Å². The van der Waals surface area contributed by atoms with Gasteiger partial charge in [-0.25, -0.2) is 0 Å². The predicted octanol–water partition coefficient (Wildman–Crippen LogP) is 5.19. The van der Waals surface area contributed by atoms with Gasteiger partial charge in [-0.3, -0.25) is 4.57 Å². The molecule has 0 aliphatic rings. The van der Waals surface area contributed by atoms with Crippen molar-refractivity contribution < 1.29 is 9.26 Å². The van der Waals surface area contributed by atoms with Gasteiger partial charge >= 0.3 is 0 Å². The lowest BCUT2D eigenvalue weighted by Gasteiger charge is -2.14. The van der Waals surface area contributed by atoms with Crippen LogP contribution in [0.2, 0.25) is 0 Å². The van der Waals surface area contributed by atoms with E-state index < -0.39 is 0 Å². The van der Waals surface area contributed by atoms with E-state index in [4.69, 9.17) is 9.26 Å². The zero-order chi connectivity index (χ0) is 20.2. The van der Waals surface area contributed by atoms with Gasteiger partial charge in [-0.2, -0.15) is 4.98 Å². The van der Waals surface area contributed by atoms with Crippen LogP contribution in [0.3, 0.4) is 0 Å². The summed E-state index contributed by atoms with van der Waals surface area (Å²) in [6.45, 7) is 4.12. The maximum atomic E-state index is 5.59. The Morgan fingerprint density at radius 2 is 2.07 bits per heavy atom. The minimum Gasteiger partial charge on any atom is -0.495 e. The molecular weight excluding hydrogens is 406 g/mol. The lowest BCUT2D eigenvalue weighted by atomic mass is 10.3. The van der Waals surface area contributed by atoms with Crippen molar-refractivity contribution in [2.75, 3.05) is 7.11 Å². The van der Waals surface area contributed by atoms with Crippen LogP contribution in [0.25, 0.3) is 16.4 Å². The molecule has 0 fully saturated rings. The first kappa shape index (κ1) is 19.7. The predicted molar refractivity (Wildman–Crippen MR) is 114 cm³/mol. The summed E-state index contributed by atoms with van der Waals surface area (Å²) < 4.78 is 13.1. The molecule has 3 aromatic heterocycles. The van der Waals surface area contributed by atoms with Gasteiger partial charge in [0.1, 0.15) is 5.75 Å². The van der Waals surface area contributed by atoms with E-state index in [1.807, 2.05) is 53.3 Å². The highest BCUT2D eigenvalue weighted by Crippen LogP contribution is 2.39. The summed E-state index contributed by atoms with van der Waals surface area (Å²) in [7, 11) is 1.66. The number of ether oxygens (including phenoxy) is 1. The van der Waals surface area contributed by atoms with E-state index in [0.717, 1.165) is 46.0 Å². The van der Waals surface area contributed by atoms with Crippen molar-refractivity contribution in [2.45, 2.75) is 37.1 Å². The molecule has 0 saturated carbocycles. The van der Waals surface area contributed by atoms with Crippen molar-refractivity contribution in [3.8, 4) is 22.1 Å². The Bertz CT molecular complexity index is 1070. The number of thiophene rings is 1. The smallest absolute Gasteiger partial charge is 0.239 e. The molecule has 0 aliphatic heterocycles. The number of aromatic nitrogens is 5. The van der Waals surface area contributed by atoms with Gasteiger partial charge in [0, 0.05) is 6.42 Å². The normalized spacial score (nSPS) is 12.2. The van der Waals surface area contributed by atoms with E-state index in [0.29, 0.717) is 5.89 Å². The number of hydrogen-bond donors (Lipinski definition) is 0. The summed E-state index contributed by atoms with van der Waals surface area (Å²) in [4.78, 5) is 5.54. The highest BCUT2D eigenvalue weighted by Gasteiger charge is 2.23. The van der Waals surface area contributed by atoms with Crippen LogP contribution in [0.5, 0.6) is 5.75 Å². The number of rotatable bonds is 8. The van der Waals surface area contributed by atoms with Gasteiger partial charge in [0.15, 0.2) is 16.8 Å². The van der Waals surface area contributed by atoms with Crippen molar-refractivity contribution >= 4 is 23.1 Å². The molecule has 0 bridgehead atoms. The number of benzene rings is 1. The monoisotopic (exact) mass is 427 g/mol. The number of methoxy groups -OCH3 is 1. The van der Waals surface area contributed by atoms with E-state index in [1.54, 1.807) is 18.4 Å². The van der Waals surface area contributed by atoms with Crippen LogP contribution in [-0.4, -0.2) is 32.0 Å². The summed E-state index contributed by atoms with van der Waals surface area (Å²) in [6, 6.07) is 11.9. The largest absolute Gasteiger partial charge is 0.495 e. The van der Waals surface area contributed by atoms with Crippen LogP contribution in [0, 0.1) is 0 Å². The van der Waals surface area contributed by atoms with E-state index in [2.05, 4.69) is 27.3 Å². The Morgan fingerprint density at radius 1 is 1.21 bits per heavy atom. The highest BCUT2D eigenvalue weighted by atomic mass is 32.2. The summed E-state index contributed by atoms with van der Waals surface area (Å²) in [6.07, 6.45) is 1.79. The average Bonchev–Trinajstić information content (AvgIpc) is 3.49. The van der Waals surface area contributed by atoms with E-state index in [9.17, 15) is 0 Å². The molecule has 150 valence electrons. The molecule has 1 atom stereocenters. The number of thioether (sulfide) groups is 1. The Morgan fingerprint density at radius 3 is 2.83 bits per heavy atom. The van der Waals surface area contributed by atoms with Gasteiger partial charge in [-0.15, -0.1) is 21.5 Å². The third-order valence-electron chi connectivity index (χ3n) is 4.29. The van der Waals surface area contributed by atoms with E-state index in [1.165, 1.54) is 11.8 Å². The molecule has 1 aromatic carbocycles. The number of hydrogen-bond acceptors (Lipinski definition) is 8. The molecule has 0 saturated heterocycles. The van der Waals surface area contributed by atoms with Gasteiger partial charge in [-0.1, -0.05) is 42.0 Å². The first-order chi connectivity index (χ1) is 14.2. The van der Waals surface area contributed by atoms with Crippen molar-refractivity contribution in [3.63, 3.8) is 0 Å². The van der Waals surface area contributed by atoms with Gasteiger partial charge in [0.25, 0.3) is 0 Å². The van der Waals surface area contributed by atoms with Crippen LogP contribution < -0.4 is 4.74 Å². The quantitative estimate of drug-likeness (QED) is 0.358. The molecule has 3 heterocycles. The standard InChI is InChI=1S/C20H21N5O2S2/c1-4-8-17-21-19(27-24-17)13(2)29-20-23-22-18(16-11-7-12-28-16)25(20)14-9-5-6-10-15(14)26-3/h5-7,9-13H,4,8H2,1-3H3. The number of para-hydroxylation sites is 2. The van der Waals surface area contributed by atoms with Crippen molar-refractivity contribution in [3.05, 3.63) is 53.5 Å². The minimum atomic E-state index is -0.0676. The summed E-state index contributed by atoms with van der Waals surface area (Å²) >= 11 is 3.15. The highest BCUT2D eigenvalue weighted by molar-refractivity contribution is 7.99. The van der Waals surface area contributed by atoms with Gasteiger partial charge < -0.3 is 9.26 Å². The SMILES string of the molecule is CCCc1noc(C(C)Sc2nnc(-c3cccs3)n2-c2ccccc2OC)n1. The second-order valence-corrected chi connectivity index (χ2v) is 8.61. The molecule has 4 rings (SSSR count). The van der Waals surface area contributed by atoms with Gasteiger partial charge in [0.2, 0.25) is 5.89 Å². The van der Waals surface area contributed by atoms with Crippen LogP contribution in [0.4, 0.5) is 0 Å². The maximum absolute atomic E-state index is 5.59. The first-order valence-electron chi connectivity index (χ1n) is 9.33. The molecule has 0 radical (unpaired) electrons. The molecule has 1 unspecified atom stereocenters. The molecule has 4 aromatic rings. The fourth-order valence-electron chi connectivity index (χ4n) is 2.91. The average molecular weight is 428 g/mol. The molecule has 7 nitrogen and oxygen atoms in total. The lowest BCUT2D eigenvalue weighted by molar-refractivity contribution is 0.374. The number of aryl methyl sites for hydroxylation is 1. The first-order valence-corrected chi connectivity index (χ1v) is 11.1. The molecule has 29 heavy (non-hydrogen) atoms. The zero-order valence-electron chi connectivity index (χ0n) is 16.4. The summed E-state index contributed by atoms with van der Waals surface area (Å²) in [5, 5.41) is 15.7. The minimum absolute atomic E-state index is 0.0676. The second-order valence-electron chi connectivity index (χ2n) is 6.35. The van der Waals surface area contributed by atoms with Gasteiger partial charge in [0.05, 0.1) is 22.9 Å². The third-order valence-corrected chi connectivity index (χ3v) is 6.18.